The molecule has 4 nitrogen and oxygen atoms in total. The molecule has 100 valence electrons. The number of nitrogens with one attached hydrogen (secondary N) is 1. The van der Waals surface area contributed by atoms with Crippen LogP contribution in [0.3, 0.4) is 0 Å². The SMILES string of the molecule is COc1ccc(OCC2NCCc3ccoc32)cc1. The van der Waals surface area contributed by atoms with Crippen LogP contribution < -0.4 is 14.8 Å². The number of furan rings is 1. The van der Waals surface area contributed by atoms with Crippen LogP contribution in [-0.2, 0) is 6.42 Å². The van der Waals surface area contributed by atoms with E-state index in [0.717, 1.165) is 30.2 Å². The highest BCUT2D eigenvalue weighted by Gasteiger charge is 2.23. The highest BCUT2D eigenvalue weighted by molar-refractivity contribution is 5.31. The van der Waals surface area contributed by atoms with Gasteiger partial charge in [0.05, 0.1) is 13.4 Å². The molecular weight excluding hydrogens is 242 g/mol. The third-order valence-electron chi connectivity index (χ3n) is 3.36. The Morgan fingerprint density at radius 2 is 2.00 bits per heavy atom. The van der Waals surface area contributed by atoms with Crippen LogP contribution in [0, 0.1) is 0 Å². The zero-order valence-corrected chi connectivity index (χ0v) is 10.9. The van der Waals surface area contributed by atoms with Gasteiger partial charge in [-0.3, -0.25) is 0 Å². The van der Waals surface area contributed by atoms with Gasteiger partial charge in [-0.15, -0.1) is 0 Å². The summed E-state index contributed by atoms with van der Waals surface area (Å²) in [5, 5.41) is 3.41. The fourth-order valence-electron chi connectivity index (χ4n) is 2.32. The van der Waals surface area contributed by atoms with Crippen molar-refractivity contribution in [1.82, 2.24) is 5.32 Å². The molecule has 1 N–H and O–H groups in total. The van der Waals surface area contributed by atoms with Gasteiger partial charge in [0, 0.05) is 6.54 Å². The molecule has 0 saturated carbocycles. The van der Waals surface area contributed by atoms with Crippen molar-refractivity contribution in [3.05, 3.63) is 47.9 Å². The van der Waals surface area contributed by atoms with Crippen LogP contribution in [0.5, 0.6) is 11.5 Å². The van der Waals surface area contributed by atoms with E-state index in [0.29, 0.717) is 6.61 Å². The average Bonchev–Trinajstić information content (AvgIpc) is 2.94. The van der Waals surface area contributed by atoms with Crippen molar-refractivity contribution >= 4 is 0 Å². The minimum absolute atomic E-state index is 0.126. The first-order valence-electron chi connectivity index (χ1n) is 6.43. The average molecular weight is 259 g/mol. The molecule has 0 amide bonds. The second-order valence-corrected chi connectivity index (χ2v) is 4.55. The Kier molecular flexibility index (Phi) is 3.42. The molecule has 0 spiro atoms. The quantitative estimate of drug-likeness (QED) is 0.916. The predicted molar refractivity (Wildman–Crippen MR) is 71.6 cm³/mol. The normalized spacial score (nSPS) is 17.8. The second kappa shape index (κ2) is 5.36. The molecule has 3 rings (SSSR count). The molecule has 1 aliphatic rings. The van der Waals surface area contributed by atoms with Crippen molar-refractivity contribution in [3.63, 3.8) is 0 Å². The summed E-state index contributed by atoms with van der Waals surface area (Å²) in [5.74, 6) is 2.66. The van der Waals surface area contributed by atoms with E-state index in [2.05, 4.69) is 5.32 Å². The van der Waals surface area contributed by atoms with E-state index in [1.807, 2.05) is 30.3 Å². The molecule has 0 bridgehead atoms. The van der Waals surface area contributed by atoms with Crippen molar-refractivity contribution in [2.75, 3.05) is 20.3 Å². The van der Waals surface area contributed by atoms with E-state index in [1.54, 1.807) is 13.4 Å². The largest absolute Gasteiger partial charge is 0.497 e. The second-order valence-electron chi connectivity index (χ2n) is 4.55. The first-order chi connectivity index (χ1) is 9.36. The maximum absolute atomic E-state index is 5.79. The Bertz CT molecular complexity index is 533. The van der Waals surface area contributed by atoms with Crippen molar-refractivity contribution in [1.29, 1.82) is 0 Å². The maximum Gasteiger partial charge on any atom is 0.127 e. The van der Waals surface area contributed by atoms with E-state index < -0.39 is 0 Å². The fourth-order valence-corrected chi connectivity index (χ4v) is 2.32. The topological polar surface area (TPSA) is 43.6 Å². The van der Waals surface area contributed by atoms with Gasteiger partial charge >= 0.3 is 0 Å². The third kappa shape index (κ3) is 2.58. The lowest BCUT2D eigenvalue weighted by atomic mass is 10.0. The van der Waals surface area contributed by atoms with Crippen LogP contribution in [-0.4, -0.2) is 20.3 Å². The first kappa shape index (κ1) is 12.1. The van der Waals surface area contributed by atoms with Crippen LogP contribution in [0.4, 0.5) is 0 Å². The fraction of sp³-hybridized carbons (Fsp3) is 0.333. The molecule has 1 aliphatic heterocycles. The van der Waals surface area contributed by atoms with Gasteiger partial charge < -0.3 is 19.2 Å². The van der Waals surface area contributed by atoms with Crippen LogP contribution in [0.1, 0.15) is 17.4 Å². The van der Waals surface area contributed by atoms with Gasteiger partial charge in [-0.25, -0.2) is 0 Å². The van der Waals surface area contributed by atoms with Gasteiger partial charge in [0.1, 0.15) is 29.9 Å². The molecule has 1 unspecified atom stereocenters. The number of rotatable bonds is 4. The molecule has 1 aromatic carbocycles. The Labute approximate surface area is 112 Å². The van der Waals surface area contributed by atoms with E-state index >= 15 is 0 Å². The zero-order chi connectivity index (χ0) is 13.1. The lowest BCUT2D eigenvalue weighted by molar-refractivity contribution is 0.239. The summed E-state index contributed by atoms with van der Waals surface area (Å²) in [7, 11) is 1.65. The Morgan fingerprint density at radius 3 is 2.79 bits per heavy atom. The van der Waals surface area contributed by atoms with Gasteiger partial charge in [0.15, 0.2) is 0 Å². The monoisotopic (exact) mass is 259 g/mol. The van der Waals surface area contributed by atoms with Gasteiger partial charge in [0.2, 0.25) is 0 Å². The summed E-state index contributed by atoms with van der Waals surface area (Å²) in [6.45, 7) is 1.52. The molecular formula is C15H17NO3. The summed E-state index contributed by atoms with van der Waals surface area (Å²) in [6, 6.07) is 9.76. The predicted octanol–water partition coefficient (Wildman–Crippen LogP) is 2.55. The Morgan fingerprint density at radius 1 is 1.21 bits per heavy atom. The highest BCUT2D eigenvalue weighted by Crippen LogP contribution is 2.25. The molecule has 0 aliphatic carbocycles. The lowest BCUT2D eigenvalue weighted by Gasteiger charge is -2.22. The number of benzene rings is 1. The molecule has 0 saturated heterocycles. The minimum Gasteiger partial charge on any atom is -0.497 e. The number of ether oxygens (including phenoxy) is 2. The molecule has 4 heteroatoms. The van der Waals surface area contributed by atoms with Gasteiger partial charge in [-0.1, -0.05) is 0 Å². The van der Waals surface area contributed by atoms with E-state index in [1.165, 1.54) is 5.56 Å². The summed E-state index contributed by atoms with van der Waals surface area (Å²) in [4.78, 5) is 0. The van der Waals surface area contributed by atoms with Crippen molar-refractivity contribution in [2.24, 2.45) is 0 Å². The molecule has 1 atom stereocenters. The van der Waals surface area contributed by atoms with Crippen LogP contribution >= 0.6 is 0 Å². The number of hydrogen-bond donors (Lipinski definition) is 1. The Balaban J connectivity index is 1.64. The number of methoxy groups -OCH3 is 1. The Hall–Kier alpha value is -1.94. The third-order valence-corrected chi connectivity index (χ3v) is 3.36. The lowest BCUT2D eigenvalue weighted by Crippen LogP contribution is -2.32. The van der Waals surface area contributed by atoms with Crippen molar-refractivity contribution in [3.8, 4) is 11.5 Å². The van der Waals surface area contributed by atoms with Crippen molar-refractivity contribution in [2.45, 2.75) is 12.5 Å². The summed E-state index contributed by atoms with van der Waals surface area (Å²) >= 11 is 0. The minimum atomic E-state index is 0.126. The van der Waals surface area contributed by atoms with Crippen LogP contribution in [0.15, 0.2) is 41.0 Å². The van der Waals surface area contributed by atoms with Gasteiger partial charge in [-0.05, 0) is 42.3 Å². The molecule has 19 heavy (non-hydrogen) atoms. The molecule has 1 aromatic heterocycles. The van der Waals surface area contributed by atoms with Gasteiger partial charge in [0.25, 0.3) is 0 Å². The smallest absolute Gasteiger partial charge is 0.127 e. The summed E-state index contributed by atoms with van der Waals surface area (Å²) in [5.41, 5.74) is 1.28. The molecule has 2 heterocycles. The zero-order valence-electron chi connectivity index (χ0n) is 10.9. The maximum atomic E-state index is 5.79. The number of fused-ring (bicyclic) bond motifs is 1. The van der Waals surface area contributed by atoms with Crippen LogP contribution in [0.2, 0.25) is 0 Å². The highest BCUT2D eigenvalue weighted by atomic mass is 16.5. The van der Waals surface area contributed by atoms with Gasteiger partial charge in [-0.2, -0.15) is 0 Å². The standard InChI is InChI=1S/C15H17NO3/c1-17-12-2-4-13(5-3-12)19-10-14-15-11(6-8-16-14)7-9-18-15/h2-5,7,9,14,16H,6,8,10H2,1H3. The molecule has 0 radical (unpaired) electrons. The summed E-state index contributed by atoms with van der Waals surface area (Å²) < 4.78 is 16.4. The van der Waals surface area contributed by atoms with Crippen LogP contribution in [0.25, 0.3) is 0 Å². The van der Waals surface area contributed by atoms with E-state index in [9.17, 15) is 0 Å². The summed E-state index contributed by atoms with van der Waals surface area (Å²) in [6.07, 6.45) is 2.77. The van der Waals surface area contributed by atoms with E-state index in [4.69, 9.17) is 13.9 Å². The van der Waals surface area contributed by atoms with Crippen molar-refractivity contribution < 1.29 is 13.9 Å². The molecule has 2 aromatic rings. The first-order valence-corrected chi connectivity index (χ1v) is 6.43. The number of hydrogen-bond acceptors (Lipinski definition) is 4. The molecule has 0 fully saturated rings. The van der Waals surface area contributed by atoms with E-state index in [-0.39, 0.29) is 6.04 Å².